The third-order valence-electron chi connectivity index (χ3n) is 1.47. The van der Waals surface area contributed by atoms with Crippen LogP contribution < -0.4 is 0 Å². The monoisotopic (exact) mass is 262 g/mol. The Balaban J connectivity index is 2.96. The molecule has 11 heavy (non-hydrogen) atoms. The van der Waals surface area contributed by atoms with E-state index in [1.807, 2.05) is 0 Å². The first-order valence-corrected chi connectivity index (χ1v) is 4.14. The number of aromatic amines is 1. The molecule has 2 rings (SSSR count). The Morgan fingerprint density at radius 2 is 2.36 bits per heavy atom. The highest BCUT2D eigenvalue weighted by Crippen LogP contribution is 2.20. The van der Waals surface area contributed by atoms with E-state index in [1.54, 1.807) is 6.20 Å². The third kappa shape index (κ3) is 1.01. The minimum atomic E-state index is -0.222. The topological polar surface area (TPSA) is 28.7 Å². The van der Waals surface area contributed by atoms with E-state index in [0.29, 0.717) is 11.0 Å². The fraction of sp³-hybridized carbons (Fsp3) is 0. The lowest BCUT2D eigenvalue weighted by molar-refractivity contribution is 0.638. The minimum absolute atomic E-state index is 0.222. The molecule has 0 amide bonds. The highest BCUT2D eigenvalue weighted by atomic mass is 127. The van der Waals surface area contributed by atoms with Crippen molar-refractivity contribution < 1.29 is 4.39 Å². The number of pyridine rings is 1. The summed E-state index contributed by atoms with van der Waals surface area (Å²) in [4.78, 5) is 6.83. The van der Waals surface area contributed by atoms with E-state index >= 15 is 0 Å². The summed E-state index contributed by atoms with van der Waals surface area (Å²) in [6.45, 7) is 0. The van der Waals surface area contributed by atoms with Crippen molar-refractivity contribution in [3.63, 3.8) is 0 Å². The molecule has 0 aliphatic rings. The molecule has 2 aromatic rings. The lowest BCUT2D eigenvalue weighted by Gasteiger charge is -1.90. The summed E-state index contributed by atoms with van der Waals surface area (Å²) in [6, 6.07) is 1.36. The lowest BCUT2D eigenvalue weighted by Crippen LogP contribution is -1.80. The van der Waals surface area contributed by atoms with Gasteiger partial charge in [0.1, 0.15) is 11.5 Å². The van der Waals surface area contributed by atoms with Gasteiger partial charge in [-0.05, 0) is 28.7 Å². The quantitative estimate of drug-likeness (QED) is 0.725. The van der Waals surface area contributed by atoms with Gasteiger partial charge in [0.15, 0.2) is 0 Å². The van der Waals surface area contributed by atoms with Crippen molar-refractivity contribution >= 4 is 33.6 Å². The summed E-state index contributed by atoms with van der Waals surface area (Å²) in [7, 11) is 0. The molecule has 0 fully saturated rings. The molecule has 0 aliphatic carbocycles. The lowest BCUT2D eigenvalue weighted by atomic mass is 10.3. The molecule has 0 radical (unpaired) electrons. The van der Waals surface area contributed by atoms with E-state index in [2.05, 4.69) is 32.6 Å². The summed E-state index contributed by atoms with van der Waals surface area (Å²) in [5, 5.41) is 0.577. The zero-order valence-corrected chi connectivity index (χ0v) is 7.59. The Labute approximate surface area is 76.0 Å². The minimum Gasteiger partial charge on any atom is -0.345 e. The largest absolute Gasteiger partial charge is 0.345 e. The van der Waals surface area contributed by atoms with E-state index in [1.165, 1.54) is 12.3 Å². The predicted octanol–water partition coefficient (Wildman–Crippen LogP) is 2.31. The highest BCUT2D eigenvalue weighted by molar-refractivity contribution is 14.1. The molecular formula is C7H4FIN2. The zero-order chi connectivity index (χ0) is 7.84. The van der Waals surface area contributed by atoms with E-state index in [0.717, 1.165) is 3.57 Å². The Hall–Kier alpha value is -0.650. The summed E-state index contributed by atoms with van der Waals surface area (Å²) in [6.07, 6.45) is 3.19. The maximum atomic E-state index is 13.0. The van der Waals surface area contributed by atoms with Crippen molar-refractivity contribution in [1.29, 1.82) is 0 Å². The number of halogens is 2. The van der Waals surface area contributed by atoms with Crippen LogP contribution in [-0.2, 0) is 0 Å². The van der Waals surface area contributed by atoms with Crippen LogP contribution in [0.25, 0.3) is 11.0 Å². The molecule has 0 spiro atoms. The van der Waals surface area contributed by atoms with Crippen molar-refractivity contribution in [1.82, 2.24) is 9.97 Å². The normalized spacial score (nSPS) is 10.7. The fourth-order valence-electron chi connectivity index (χ4n) is 0.979. The second-order valence-corrected chi connectivity index (χ2v) is 3.32. The summed E-state index contributed by atoms with van der Waals surface area (Å²) < 4.78 is 13.9. The van der Waals surface area contributed by atoms with Crippen LogP contribution in [0, 0.1) is 9.39 Å². The molecule has 2 heterocycles. The molecule has 0 saturated carbocycles. The Bertz CT molecular complexity index is 396. The number of aromatic nitrogens is 2. The standard InChI is InChI=1S/C7H4FIN2/c8-4-1-2-10-7-6(4)5(9)3-11-7/h1-3H,(H,10,11). The van der Waals surface area contributed by atoms with Gasteiger partial charge in [-0.25, -0.2) is 9.37 Å². The fourth-order valence-corrected chi connectivity index (χ4v) is 1.65. The number of H-pyrrole nitrogens is 1. The second kappa shape index (κ2) is 2.44. The van der Waals surface area contributed by atoms with Gasteiger partial charge in [-0.15, -0.1) is 0 Å². The predicted molar refractivity (Wildman–Crippen MR) is 48.8 cm³/mol. The maximum Gasteiger partial charge on any atom is 0.141 e. The van der Waals surface area contributed by atoms with Crippen LogP contribution in [-0.4, -0.2) is 9.97 Å². The molecule has 2 nitrogen and oxygen atoms in total. The number of rotatable bonds is 0. The molecule has 2 aromatic heterocycles. The van der Waals surface area contributed by atoms with Gasteiger partial charge >= 0.3 is 0 Å². The summed E-state index contributed by atoms with van der Waals surface area (Å²) >= 11 is 2.07. The molecule has 0 unspecified atom stereocenters. The third-order valence-corrected chi connectivity index (χ3v) is 2.33. The van der Waals surface area contributed by atoms with Crippen molar-refractivity contribution in [2.45, 2.75) is 0 Å². The second-order valence-electron chi connectivity index (χ2n) is 2.15. The van der Waals surface area contributed by atoms with Gasteiger partial charge in [-0.3, -0.25) is 0 Å². The van der Waals surface area contributed by atoms with Crippen LogP contribution in [0.4, 0.5) is 4.39 Å². The molecule has 0 atom stereocenters. The van der Waals surface area contributed by atoms with Crippen LogP contribution in [0.15, 0.2) is 18.5 Å². The van der Waals surface area contributed by atoms with E-state index in [9.17, 15) is 4.39 Å². The van der Waals surface area contributed by atoms with Crippen LogP contribution in [0.1, 0.15) is 0 Å². The van der Waals surface area contributed by atoms with Crippen molar-refractivity contribution in [2.24, 2.45) is 0 Å². The van der Waals surface area contributed by atoms with E-state index in [-0.39, 0.29) is 5.82 Å². The smallest absolute Gasteiger partial charge is 0.141 e. The van der Waals surface area contributed by atoms with Crippen molar-refractivity contribution in [3.05, 3.63) is 27.8 Å². The summed E-state index contributed by atoms with van der Waals surface area (Å²) in [5.74, 6) is -0.222. The van der Waals surface area contributed by atoms with Crippen LogP contribution in [0.2, 0.25) is 0 Å². The van der Waals surface area contributed by atoms with Crippen LogP contribution in [0.3, 0.4) is 0 Å². The van der Waals surface area contributed by atoms with Crippen molar-refractivity contribution in [3.8, 4) is 0 Å². The molecule has 0 bridgehead atoms. The zero-order valence-electron chi connectivity index (χ0n) is 5.44. The first kappa shape index (κ1) is 7.02. The van der Waals surface area contributed by atoms with E-state index < -0.39 is 0 Å². The van der Waals surface area contributed by atoms with Gasteiger partial charge in [-0.1, -0.05) is 0 Å². The molecule has 0 aliphatic heterocycles. The number of nitrogens with one attached hydrogen (secondary N) is 1. The van der Waals surface area contributed by atoms with Gasteiger partial charge < -0.3 is 4.98 Å². The molecule has 0 aromatic carbocycles. The van der Waals surface area contributed by atoms with Gasteiger partial charge in [0, 0.05) is 16.0 Å². The van der Waals surface area contributed by atoms with E-state index in [4.69, 9.17) is 0 Å². The van der Waals surface area contributed by atoms with Crippen LogP contribution in [0.5, 0.6) is 0 Å². The van der Waals surface area contributed by atoms with Gasteiger partial charge in [0.05, 0.1) is 5.39 Å². The number of nitrogens with zero attached hydrogens (tertiary/aromatic N) is 1. The average molecular weight is 262 g/mol. The number of fused-ring (bicyclic) bond motifs is 1. The van der Waals surface area contributed by atoms with Crippen molar-refractivity contribution in [2.75, 3.05) is 0 Å². The Kier molecular flexibility index (Phi) is 1.56. The number of hydrogen-bond donors (Lipinski definition) is 1. The highest BCUT2D eigenvalue weighted by Gasteiger charge is 2.05. The van der Waals surface area contributed by atoms with Gasteiger partial charge in [0.25, 0.3) is 0 Å². The van der Waals surface area contributed by atoms with Gasteiger partial charge in [0.2, 0.25) is 0 Å². The maximum absolute atomic E-state index is 13.0. The summed E-state index contributed by atoms with van der Waals surface area (Å²) in [5.41, 5.74) is 0.606. The SMILES string of the molecule is Fc1ccnc2[nH]cc(I)c12. The Morgan fingerprint density at radius 1 is 1.55 bits per heavy atom. The molecular weight excluding hydrogens is 258 g/mol. The average Bonchev–Trinajstić information content (AvgIpc) is 2.34. The van der Waals surface area contributed by atoms with Crippen LogP contribution >= 0.6 is 22.6 Å². The first-order valence-electron chi connectivity index (χ1n) is 3.06. The Morgan fingerprint density at radius 3 is 3.09 bits per heavy atom. The molecule has 56 valence electrons. The number of hydrogen-bond acceptors (Lipinski definition) is 1. The van der Waals surface area contributed by atoms with Gasteiger partial charge in [-0.2, -0.15) is 0 Å². The first-order chi connectivity index (χ1) is 5.29. The molecule has 1 N–H and O–H groups in total. The molecule has 4 heteroatoms. The molecule has 0 saturated heterocycles.